The van der Waals surface area contributed by atoms with Crippen LogP contribution in [0.15, 0.2) is 24.3 Å². The number of hydrogen-bond acceptors (Lipinski definition) is 3. The Balaban J connectivity index is 3.05. The van der Waals surface area contributed by atoms with E-state index in [9.17, 15) is 13.5 Å². The molecule has 0 unspecified atom stereocenters. The van der Waals surface area contributed by atoms with Gasteiger partial charge in [0.15, 0.2) is 9.84 Å². The van der Waals surface area contributed by atoms with Crippen molar-refractivity contribution in [2.24, 2.45) is 0 Å². The van der Waals surface area contributed by atoms with Gasteiger partial charge in [-0.05, 0) is 18.9 Å². The fourth-order valence-electron chi connectivity index (χ4n) is 1.83. The van der Waals surface area contributed by atoms with Crippen LogP contribution in [0.1, 0.15) is 30.6 Å². The molecule has 16 heavy (non-hydrogen) atoms. The van der Waals surface area contributed by atoms with Crippen LogP contribution in [0.25, 0.3) is 0 Å². The highest BCUT2D eigenvalue weighted by Crippen LogP contribution is 2.24. The zero-order valence-electron chi connectivity index (χ0n) is 9.84. The average molecular weight is 242 g/mol. The summed E-state index contributed by atoms with van der Waals surface area (Å²) in [6.07, 6.45) is 0.633. The predicted molar refractivity (Wildman–Crippen MR) is 65.1 cm³/mol. The maximum Gasteiger partial charge on any atom is 0.153 e. The summed E-state index contributed by atoms with van der Waals surface area (Å²) in [6.45, 7) is 3.68. The van der Waals surface area contributed by atoms with Crippen molar-refractivity contribution in [3.8, 4) is 0 Å². The lowest BCUT2D eigenvalue weighted by atomic mass is 10.0. The topological polar surface area (TPSA) is 54.4 Å². The van der Waals surface area contributed by atoms with Crippen LogP contribution in [0.5, 0.6) is 0 Å². The third-order valence-corrected chi connectivity index (χ3v) is 4.38. The van der Waals surface area contributed by atoms with E-state index in [1.807, 2.05) is 25.1 Å². The van der Waals surface area contributed by atoms with Crippen molar-refractivity contribution < 1.29 is 13.5 Å². The molecule has 1 N–H and O–H groups in total. The first-order valence-electron chi connectivity index (χ1n) is 5.29. The molecule has 0 spiro atoms. The summed E-state index contributed by atoms with van der Waals surface area (Å²) in [6, 6.07) is 7.31. The van der Waals surface area contributed by atoms with Gasteiger partial charge in [0.2, 0.25) is 0 Å². The Kier molecular flexibility index (Phi) is 4.10. The molecule has 0 aliphatic rings. The fraction of sp³-hybridized carbons (Fsp3) is 0.500. The van der Waals surface area contributed by atoms with Gasteiger partial charge in [0.1, 0.15) is 0 Å². The zero-order chi connectivity index (χ0) is 12.3. The molecule has 0 radical (unpaired) electrons. The zero-order valence-corrected chi connectivity index (χ0v) is 10.7. The third kappa shape index (κ3) is 3.06. The molecule has 0 fully saturated rings. The highest BCUT2D eigenvalue weighted by molar-refractivity contribution is 7.91. The minimum Gasteiger partial charge on any atom is -0.387 e. The van der Waals surface area contributed by atoms with E-state index in [4.69, 9.17) is 0 Å². The largest absolute Gasteiger partial charge is 0.387 e. The van der Waals surface area contributed by atoms with E-state index in [0.717, 1.165) is 5.56 Å². The number of sulfone groups is 1. The Labute approximate surface area is 97.0 Å². The van der Waals surface area contributed by atoms with Crippen molar-refractivity contribution in [3.63, 3.8) is 0 Å². The van der Waals surface area contributed by atoms with Crippen molar-refractivity contribution in [3.05, 3.63) is 35.4 Å². The lowest BCUT2D eigenvalue weighted by Crippen LogP contribution is -2.26. The van der Waals surface area contributed by atoms with Crippen LogP contribution in [0.4, 0.5) is 0 Å². The molecule has 0 aliphatic carbocycles. The van der Waals surface area contributed by atoms with Crippen molar-refractivity contribution >= 4 is 9.84 Å². The minimum atomic E-state index is -3.23. The van der Waals surface area contributed by atoms with Crippen LogP contribution in [-0.4, -0.2) is 25.0 Å². The number of benzene rings is 1. The molecule has 0 bridgehead atoms. The van der Waals surface area contributed by atoms with Crippen LogP contribution in [0, 0.1) is 6.92 Å². The molecule has 0 aliphatic heterocycles. The van der Waals surface area contributed by atoms with Crippen LogP contribution in [0.2, 0.25) is 0 Å². The summed E-state index contributed by atoms with van der Waals surface area (Å²) in [4.78, 5) is 0. The van der Waals surface area contributed by atoms with E-state index in [1.54, 1.807) is 13.0 Å². The first kappa shape index (κ1) is 13.2. The molecule has 2 atom stereocenters. The summed E-state index contributed by atoms with van der Waals surface area (Å²) in [7, 11) is -3.23. The first-order chi connectivity index (χ1) is 7.36. The van der Waals surface area contributed by atoms with Crippen molar-refractivity contribution in [1.82, 2.24) is 0 Å². The Bertz CT molecular complexity index is 451. The minimum absolute atomic E-state index is 0.411. The van der Waals surface area contributed by atoms with Crippen LogP contribution >= 0.6 is 0 Å². The molecule has 3 nitrogen and oxygen atoms in total. The highest BCUT2D eigenvalue weighted by Gasteiger charge is 2.28. The predicted octanol–water partition coefficient (Wildman–Crippen LogP) is 1.85. The van der Waals surface area contributed by atoms with Gasteiger partial charge in [0.25, 0.3) is 0 Å². The van der Waals surface area contributed by atoms with Gasteiger partial charge in [-0.25, -0.2) is 8.42 Å². The summed E-state index contributed by atoms with van der Waals surface area (Å²) < 4.78 is 23.0. The van der Waals surface area contributed by atoms with E-state index >= 15 is 0 Å². The summed E-state index contributed by atoms with van der Waals surface area (Å²) in [5.74, 6) is 0. The lowest BCUT2D eigenvalue weighted by Gasteiger charge is -2.20. The van der Waals surface area contributed by atoms with E-state index in [1.165, 1.54) is 6.26 Å². The van der Waals surface area contributed by atoms with Gasteiger partial charge in [-0.3, -0.25) is 0 Å². The molecule has 0 amide bonds. The Morgan fingerprint density at radius 3 is 2.44 bits per heavy atom. The summed E-state index contributed by atoms with van der Waals surface area (Å²) in [5.41, 5.74) is 1.68. The molecular formula is C12H18O3S. The number of rotatable bonds is 4. The smallest absolute Gasteiger partial charge is 0.153 e. The molecule has 0 saturated carbocycles. The molecular weight excluding hydrogens is 224 g/mol. The van der Waals surface area contributed by atoms with Gasteiger partial charge in [0, 0.05) is 6.26 Å². The molecule has 0 aromatic heterocycles. The second kappa shape index (κ2) is 4.97. The fourth-order valence-corrected chi connectivity index (χ4v) is 3.06. The molecule has 0 heterocycles. The van der Waals surface area contributed by atoms with Crippen molar-refractivity contribution in [2.45, 2.75) is 31.6 Å². The first-order valence-corrected chi connectivity index (χ1v) is 7.25. The lowest BCUT2D eigenvalue weighted by molar-refractivity contribution is 0.169. The second-order valence-corrected chi connectivity index (χ2v) is 6.40. The van der Waals surface area contributed by atoms with Gasteiger partial charge in [0.05, 0.1) is 11.4 Å². The Morgan fingerprint density at radius 2 is 2.00 bits per heavy atom. The Morgan fingerprint density at radius 1 is 1.38 bits per heavy atom. The van der Waals surface area contributed by atoms with Crippen LogP contribution < -0.4 is 0 Å². The van der Waals surface area contributed by atoms with E-state index in [0.29, 0.717) is 12.0 Å². The second-order valence-electron chi connectivity index (χ2n) is 4.14. The molecule has 0 saturated heterocycles. The summed E-state index contributed by atoms with van der Waals surface area (Å²) >= 11 is 0. The maximum atomic E-state index is 11.5. The standard InChI is InChI=1S/C12H18O3S/c1-4-11(16(3,14)15)12(13)10-7-5-6-9(2)8-10/h5-8,11-13H,4H2,1-3H3/t11-,12+/m1/s1. The number of aliphatic hydroxyl groups excluding tert-OH is 1. The van der Waals surface area contributed by atoms with Crippen molar-refractivity contribution in [1.29, 1.82) is 0 Å². The van der Waals surface area contributed by atoms with Gasteiger partial charge in [-0.2, -0.15) is 0 Å². The highest BCUT2D eigenvalue weighted by atomic mass is 32.2. The molecule has 90 valence electrons. The van der Waals surface area contributed by atoms with E-state index < -0.39 is 21.2 Å². The average Bonchev–Trinajstić information content (AvgIpc) is 2.16. The van der Waals surface area contributed by atoms with Gasteiger partial charge in [-0.1, -0.05) is 36.8 Å². The van der Waals surface area contributed by atoms with Gasteiger partial charge < -0.3 is 5.11 Å². The number of aliphatic hydroxyl groups is 1. The number of aryl methyl sites for hydroxylation is 1. The van der Waals surface area contributed by atoms with Gasteiger partial charge >= 0.3 is 0 Å². The molecule has 1 rings (SSSR count). The SMILES string of the molecule is CC[C@H]([C@@H](O)c1cccc(C)c1)S(C)(=O)=O. The molecule has 1 aromatic carbocycles. The molecule has 1 aromatic rings. The Hall–Kier alpha value is -0.870. The van der Waals surface area contributed by atoms with E-state index in [2.05, 4.69) is 0 Å². The van der Waals surface area contributed by atoms with Crippen molar-refractivity contribution in [2.75, 3.05) is 6.26 Å². The maximum absolute atomic E-state index is 11.5. The monoisotopic (exact) mass is 242 g/mol. The summed E-state index contributed by atoms with van der Waals surface area (Å²) in [5, 5.41) is 9.33. The van der Waals surface area contributed by atoms with Gasteiger partial charge in [-0.15, -0.1) is 0 Å². The molecule has 4 heteroatoms. The van der Waals surface area contributed by atoms with Crippen LogP contribution in [0.3, 0.4) is 0 Å². The number of hydrogen-bond donors (Lipinski definition) is 1. The van der Waals surface area contributed by atoms with Crippen LogP contribution in [-0.2, 0) is 9.84 Å². The third-order valence-electron chi connectivity index (χ3n) is 2.69. The van der Waals surface area contributed by atoms with E-state index in [-0.39, 0.29) is 0 Å². The quantitative estimate of drug-likeness (QED) is 0.876. The normalized spacial score (nSPS) is 15.8.